The lowest BCUT2D eigenvalue weighted by Gasteiger charge is -2.23. The zero-order chi connectivity index (χ0) is 25.5. The maximum atomic E-state index is 13.4. The van der Waals surface area contributed by atoms with Crippen molar-refractivity contribution in [1.82, 2.24) is 24.9 Å². The van der Waals surface area contributed by atoms with Gasteiger partial charge in [0.2, 0.25) is 5.91 Å². The van der Waals surface area contributed by atoms with Gasteiger partial charge < -0.3 is 19.9 Å². The molecule has 4 rings (SSSR count). The first kappa shape index (κ1) is 25.6. The van der Waals surface area contributed by atoms with Crippen LogP contribution in [0.3, 0.4) is 0 Å². The fourth-order valence-corrected chi connectivity index (χ4v) is 4.60. The van der Waals surface area contributed by atoms with Crippen molar-refractivity contribution >= 4 is 24.4 Å². The van der Waals surface area contributed by atoms with Crippen LogP contribution < -0.4 is 10.2 Å². The van der Waals surface area contributed by atoms with Crippen molar-refractivity contribution in [1.29, 1.82) is 0 Å². The van der Waals surface area contributed by atoms with Crippen LogP contribution >= 0.6 is 11.3 Å². The molecule has 0 bridgehead atoms. The smallest absolute Gasteiger partial charge is 0.426 e. The number of nitrogens with zero attached hydrogens (tertiary/aromatic N) is 4. The molecule has 0 radical (unpaired) electrons. The monoisotopic (exact) mass is 505 g/mol. The van der Waals surface area contributed by atoms with Crippen molar-refractivity contribution < 1.29 is 14.8 Å². The quantitative estimate of drug-likeness (QED) is 0.267. The standard InChI is InChI=1S/C25H28BN5O4S/c1-2-18-7-6-8-19(13-18)14-23(26(34)35)27-24(32)21(15-30-11-12-36-25(30)33)16-31-17-22(28-29-31)20-9-4-3-5-10-20/h3-13,17,21,23,34-35H,2,14-16H2,1H3,(H,27,32)/t21?,23-/m0/s1. The van der Waals surface area contributed by atoms with E-state index < -0.39 is 24.9 Å². The summed E-state index contributed by atoms with van der Waals surface area (Å²) in [4.78, 5) is 25.4. The van der Waals surface area contributed by atoms with Gasteiger partial charge in [-0.3, -0.25) is 14.3 Å². The topological polar surface area (TPSA) is 122 Å². The molecule has 0 aliphatic heterocycles. The number of aromatic nitrogens is 4. The predicted molar refractivity (Wildman–Crippen MR) is 139 cm³/mol. The molecule has 0 fully saturated rings. The number of hydrogen-bond donors (Lipinski definition) is 3. The Morgan fingerprint density at radius 3 is 2.58 bits per heavy atom. The Morgan fingerprint density at radius 2 is 1.89 bits per heavy atom. The Bertz CT molecular complexity index is 1340. The summed E-state index contributed by atoms with van der Waals surface area (Å²) in [5, 5.41) is 32.8. The molecule has 0 aliphatic carbocycles. The Morgan fingerprint density at radius 1 is 1.11 bits per heavy atom. The van der Waals surface area contributed by atoms with Gasteiger partial charge in [-0.05, 0) is 24.0 Å². The highest BCUT2D eigenvalue weighted by Gasteiger charge is 2.30. The highest BCUT2D eigenvalue weighted by Crippen LogP contribution is 2.16. The number of amides is 1. The van der Waals surface area contributed by atoms with Crippen LogP contribution in [0.4, 0.5) is 0 Å². The molecule has 0 spiro atoms. The molecule has 0 saturated carbocycles. The lowest BCUT2D eigenvalue weighted by atomic mass is 9.75. The van der Waals surface area contributed by atoms with Crippen molar-refractivity contribution in [2.24, 2.45) is 5.92 Å². The first-order chi connectivity index (χ1) is 17.4. The average molecular weight is 505 g/mol. The fourth-order valence-electron chi connectivity index (χ4n) is 4.00. The molecule has 186 valence electrons. The second-order valence-electron chi connectivity index (χ2n) is 8.62. The van der Waals surface area contributed by atoms with E-state index in [1.807, 2.05) is 61.5 Å². The van der Waals surface area contributed by atoms with E-state index in [1.54, 1.807) is 22.5 Å². The van der Waals surface area contributed by atoms with Crippen LogP contribution in [0.15, 0.2) is 77.2 Å². The third-order valence-electron chi connectivity index (χ3n) is 5.99. The second kappa shape index (κ2) is 11.9. The van der Waals surface area contributed by atoms with Gasteiger partial charge in [0.05, 0.1) is 24.6 Å². The molecular weight excluding hydrogens is 477 g/mol. The van der Waals surface area contributed by atoms with Crippen LogP contribution in [0, 0.1) is 5.92 Å². The maximum absolute atomic E-state index is 13.4. The molecule has 2 aromatic carbocycles. The summed E-state index contributed by atoms with van der Waals surface area (Å²) >= 11 is 1.05. The van der Waals surface area contributed by atoms with Gasteiger partial charge >= 0.3 is 12.0 Å². The van der Waals surface area contributed by atoms with E-state index in [-0.39, 0.29) is 24.4 Å². The van der Waals surface area contributed by atoms with Crippen molar-refractivity contribution in [2.45, 2.75) is 38.8 Å². The fraction of sp³-hybridized carbons (Fsp3) is 0.280. The molecule has 0 aliphatic rings. The van der Waals surface area contributed by atoms with E-state index >= 15 is 0 Å². The number of hydrogen-bond acceptors (Lipinski definition) is 7. The van der Waals surface area contributed by atoms with Gasteiger partial charge in [0.1, 0.15) is 5.69 Å². The van der Waals surface area contributed by atoms with Gasteiger partial charge in [0.25, 0.3) is 0 Å². The van der Waals surface area contributed by atoms with Crippen LogP contribution in [0.2, 0.25) is 0 Å². The first-order valence-electron chi connectivity index (χ1n) is 11.8. The zero-order valence-electron chi connectivity index (χ0n) is 19.9. The molecule has 9 nitrogen and oxygen atoms in total. The van der Waals surface area contributed by atoms with Gasteiger partial charge in [0, 0.05) is 23.7 Å². The molecule has 1 unspecified atom stereocenters. The Balaban J connectivity index is 1.53. The molecule has 2 atom stereocenters. The van der Waals surface area contributed by atoms with Crippen molar-refractivity contribution in [3.63, 3.8) is 0 Å². The minimum absolute atomic E-state index is 0.119. The van der Waals surface area contributed by atoms with Crippen LogP contribution in [0.5, 0.6) is 0 Å². The molecule has 2 heterocycles. The number of carbonyl (C=O) groups is 1. The molecule has 4 aromatic rings. The minimum Gasteiger partial charge on any atom is -0.426 e. The third kappa shape index (κ3) is 6.57. The van der Waals surface area contributed by atoms with E-state index in [4.69, 9.17) is 0 Å². The van der Waals surface area contributed by atoms with Crippen molar-refractivity contribution in [3.8, 4) is 11.3 Å². The van der Waals surface area contributed by atoms with Gasteiger partial charge in [-0.1, -0.05) is 78.1 Å². The van der Waals surface area contributed by atoms with E-state index in [1.165, 1.54) is 4.57 Å². The largest absolute Gasteiger partial charge is 0.475 e. The second-order valence-corrected chi connectivity index (χ2v) is 9.47. The average Bonchev–Trinajstić information content (AvgIpc) is 3.52. The van der Waals surface area contributed by atoms with Crippen molar-refractivity contribution in [2.75, 3.05) is 0 Å². The van der Waals surface area contributed by atoms with E-state index in [2.05, 4.69) is 15.6 Å². The zero-order valence-corrected chi connectivity index (χ0v) is 20.7. The number of carbonyl (C=O) groups excluding carboxylic acids is 1. The van der Waals surface area contributed by atoms with E-state index in [0.29, 0.717) is 5.69 Å². The van der Waals surface area contributed by atoms with Crippen LogP contribution in [0.1, 0.15) is 18.1 Å². The van der Waals surface area contributed by atoms with Gasteiger partial charge in [-0.25, -0.2) is 0 Å². The van der Waals surface area contributed by atoms with Crippen LogP contribution in [0.25, 0.3) is 11.3 Å². The molecule has 36 heavy (non-hydrogen) atoms. The van der Waals surface area contributed by atoms with E-state index in [0.717, 1.165) is 34.4 Å². The summed E-state index contributed by atoms with van der Waals surface area (Å²) in [6.07, 6.45) is 4.50. The lowest BCUT2D eigenvalue weighted by Crippen LogP contribution is -2.51. The summed E-state index contributed by atoms with van der Waals surface area (Å²) in [6.45, 7) is 2.32. The van der Waals surface area contributed by atoms with Gasteiger partial charge in [0.15, 0.2) is 0 Å². The number of thiazole rings is 1. The summed E-state index contributed by atoms with van der Waals surface area (Å²) in [6, 6.07) is 17.4. The molecular formula is C25H28BN5O4S. The van der Waals surface area contributed by atoms with Gasteiger partial charge in [-0.15, -0.1) is 5.10 Å². The molecule has 11 heteroatoms. The van der Waals surface area contributed by atoms with Crippen molar-refractivity contribution in [3.05, 3.63) is 93.2 Å². The number of benzene rings is 2. The minimum atomic E-state index is -1.75. The number of nitrogens with one attached hydrogen (secondary N) is 1. The number of aryl methyl sites for hydroxylation is 1. The molecule has 2 aromatic heterocycles. The highest BCUT2D eigenvalue weighted by molar-refractivity contribution is 7.07. The number of rotatable bonds is 11. The maximum Gasteiger partial charge on any atom is 0.475 e. The predicted octanol–water partition coefficient (Wildman–Crippen LogP) is 1.79. The van der Waals surface area contributed by atoms with Crippen LogP contribution in [-0.2, 0) is 30.7 Å². The van der Waals surface area contributed by atoms with Crippen LogP contribution in [-0.4, -0.2) is 48.6 Å². The van der Waals surface area contributed by atoms with E-state index in [9.17, 15) is 19.6 Å². The normalized spacial score (nSPS) is 12.8. The lowest BCUT2D eigenvalue weighted by molar-refractivity contribution is -0.126. The Labute approximate surface area is 213 Å². The summed E-state index contributed by atoms with van der Waals surface area (Å²) in [5.74, 6) is -2.03. The Kier molecular flexibility index (Phi) is 8.47. The molecule has 3 N–H and O–H groups in total. The summed E-state index contributed by atoms with van der Waals surface area (Å²) in [5.41, 5.74) is 3.58. The molecule has 0 saturated heterocycles. The highest BCUT2D eigenvalue weighted by atomic mass is 32.1. The Hall–Kier alpha value is -3.54. The SMILES string of the molecule is CCc1cccc(C[C@H](NC(=O)C(Cn2cc(-c3ccccc3)nn2)Cn2ccsc2=O)B(O)O)c1. The van der Waals surface area contributed by atoms with Gasteiger partial charge in [-0.2, -0.15) is 0 Å². The molecule has 1 amide bonds. The summed E-state index contributed by atoms with van der Waals surface area (Å²) < 4.78 is 3.04. The summed E-state index contributed by atoms with van der Waals surface area (Å²) in [7, 11) is -1.75. The third-order valence-corrected chi connectivity index (χ3v) is 6.68. The first-order valence-corrected chi connectivity index (χ1v) is 12.6.